The molecule has 15 heteroatoms. The van der Waals surface area contributed by atoms with Gasteiger partial charge in [-0.1, -0.05) is 48.5 Å². The predicted octanol–water partition coefficient (Wildman–Crippen LogP) is 3.87. The first-order chi connectivity index (χ1) is 21.9. The molecule has 45 heavy (non-hydrogen) atoms. The van der Waals surface area contributed by atoms with E-state index >= 15 is 0 Å². The maximum absolute atomic E-state index is 12.7. The molecule has 0 amide bonds. The zero-order valence-electron chi connectivity index (χ0n) is 24.0. The van der Waals surface area contributed by atoms with Crippen LogP contribution in [0.3, 0.4) is 0 Å². The summed E-state index contributed by atoms with van der Waals surface area (Å²) in [6, 6.07) is 16.9. The highest BCUT2D eigenvalue weighted by atomic mass is 17.0. The molecule has 2 aliphatic rings. The van der Waals surface area contributed by atoms with Gasteiger partial charge in [0.25, 0.3) is 11.1 Å². The van der Waals surface area contributed by atoms with Crippen LogP contribution in [0, 0.1) is 10.1 Å². The van der Waals surface area contributed by atoms with Gasteiger partial charge < -0.3 is 19.3 Å². The molecule has 3 atom stereocenters. The molecule has 0 radical (unpaired) electrons. The standard InChI is InChI=1S/C30H27N7O8/c1-2-42-30-31-25-20(21-15-44-22-11-12-43-27(21)22)13-23(45-37(40)41)24(29(38)39)26(25)36(30)14-16-7-9-17(10-8-16)18-5-3-4-6-19(18)28-32-34-35-33-28/h3-10,13,21-22,27H,2,11-12,14-15H2,1H3,(H,38,39)(H,32,33,34,35)/t21-,22+,27-/m1/s1. The normalized spacial score (nSPS) is 19.1. The van der Waals surface area contributed by atoms with E-state index in [1.807, 2.05) is 48.5 Å². The van der Waals surface area contributed by atoms with Crippen molar-refractivity contribution in [3.8, 4) is 34.3 Å². The molecule has 0 saturated carbocycles. The number of benzene rings is 3. The molecule has 2 saturated heterocycles. The van der Waals surface area contributed by atoms with Crippen LogP contribution < -0.4 is 9.57 Å². The highest BCUT2D eigenvalue weighted by molar-refractivity contribution is 6.05. The minimum atomic E-state index is -1.40. The molecule has 230 valence electrons. The van der Waals surface area contributed by atoms with Gasteiger partial charge in [-0.25, -0.2) is 9.89 Å². The van der Waals surface area contributed by atoms with Crippen LogP contribution >= 0.6 is 0 Å². The number of aromatic carboxylic acids is 1. The minimum absolute atomic E-state index is 0.124. The number of imidazole rings is 1. The second-order valence-electron chi connectivity index (χ2n) is 10.7. The number of nitrogens with one attached hydrogen (secondary N) is 1. The number of ether oxygens (including phenoxy) is 3. The molecule has 2 aliphatic heterocycles. The van der Waals surface area contributed by atoms with E-state index in [9.17, 15) is 20.0 Å². The average molecular weight is 614 g/mol. The topological polar surface area (TPSA) is 190 Å². The van der Waals surface area contributed by atoms with E-state index in [0.717, 1.165) is 28.7 Å². The van der Waals surface area contributed by atoms with Gasteiger partial charge in [-0.05, 0) is 52.1 Å². The Morgan fingerprint density at radius 1 is 1.18 bits per heavy atom. The SMILES string of the molecule is CCOc1nc2c([C@H]3CO[C@H]4CCO[C@@H]43)cc(O[N+](=O)[O-])c(C(=O)O)c2n1Cc1ccc(-c2ccccc2-c2nnn[nH]2)cc1. The third-order valence-corrected chi connectivity index (χ3v) is 8.13. The Hall–Kier alpha value is -5.41. The zero-order chi connectivity index (χ0) is 31.1. The van der Waals surface area contributed by atoms with E-state index in [0.29, 0.717) is 30.1 Å². The fourth-order valence-electron chi connectivity index (χ4n) is 6.23. The summed E-state index contributed by atoms with van der Waals surface area (Å²) in [7, 11) is 0. The van der Waals surface area contributed by atoms with Crippen LogP contribution in [-0.2, 0) is 16.0 Å². The number of hydrogen-bond donors (Lipinski definition) is 2. The van der Waals surface area contributed by atoms with Crippen molar-refractivity contribution in [1.82, 2.24) is 30.2 Å². The van der Waals surface area contributed by atoms with Crippen LogP contribution in [0.1, 0.15) is 40.7 Å². The Kier molecular flexibility index (Phi) is 7.31. The number of carboxylic acid groups (broad SMARTS) is 1. The van der Waals surface area contributed by atoms with Crippen molar-refractivity contribution in [1.29, 1.82) is 0 Å². The van der Waals surface area contributed by atoms with Crippen molar-refractivity contribution in [2.24, 2.45) is 0 Å². The molecule has 15 nitrogen and oxygen atoms in total. The van der Waals surface area contributed by atoms with Crippen molar-refractivity contribution >= 4 is 17.0 Å². The van der Waals surface area contributed by atoms with Crippen LogP contribution in [0.25, 0.3) is 33.5 Å². The van der Waals surface area contributed by atoms with E-state index in [2.05, 4.69) is 20.6 Å². The zero-order valence-corrected chi connectivity index (χ0v) is 24.0. The highest BCUT2D eigenvalue weighted by Gasteiger charge is 2.44. The summed E-state index contributed by atoms with van der Waals surface area (Å²) in [5.74, 6) is -1.62. The van der Waals surface area contributed by atoms with Gasteiger partial charge in [0.1, 0.15) is 11.3 Å². The number of aromatic nitrogens is 6. The third-order valence-electron chi connectivity index (χ3n) is 8.13. The van der Waals surface area contributed by atoms with Crippen LogP contribution in [-0.4, -0.2) is 78.4 Å². The molecule has 0 bridgehead atoms. The summed E-state index contributed by atoms with van der Waals surface area (Å²) < 4.78 is 19.4. The molecule has 3 aromatic carbocycles. The first kappa shape index (κ1) is 28.4. The average Bonchev–Trinajstić information content (AvgIpc) is 3.83. The molecular weight excluding hydrogens is 586 g/mol. The van der Waals surface area contributed by atoms with E-state index < -0.39 is 22.4 Å². The maximum atomic E-state index is 12.7. The Labute approximate surface area is 254 Å². The van der Waals surface area contributed by atoms with E-state index in [1.165, 1.54) is 6.07 Å². The Balaban J connectivity index is 1.35. The molecule has 2 fully saturated rings. The molecule has 0 unspecified atom stereocenters. The summed E-state index contributed by atoms with van der Waals surface area (Å²) in [6.07, 6.45) is 0.308. The molecule has 5 aromatic rings. The monoisotopic (exact) mass is 613 g/mol. The molecule has 0 spiro atoms. The summed E-state index contributed by atoms with van der Waals surface area (Å²) in [6.45, 7) is 3.02. The molecule has 0 aliphatic carbocycles. The van der Waals surface area contributed by atoms with E-state index in [-0.39, 0.29) is 42.8 Å². The fourth-order valence-corrected chi connectivity index (χ4v) is 6.23. The second kappa shape index (κ2) is 11.6. The predicted molar refractivity (Wildman–Crippen MR) is 156 cm³/mol. The third kappa shape index (κ3) is 5.11. The second-order valence-corrected chi connectivity index (χ2v) is 10.7. The number of carbonyl (C=O) groups is 1. The maximum Gasteiger partial charge on any atom is 0.340 e. The van der Waals surface area contributed by atoms with Gasteiger partial charge in [0, 0.05) is 18.1 Å². The van der Waals surface area contributed by atoms with Crippen LogP contribution in [0.4, 0.5) is 0 Å². The summed E-state index contributed by atoms with van der Waals surface area (Å²) in [5.41, 5.74) is 4.09. The fraction of sp³-hybridized carbons (Fsp3) is 0.300. The number of fused-ring (bicyclic) bond motifs is 2. The van der Waals surface area contributed by atoms with Crippen LogP contribution in [0.5, 0.6) is 11.8 Å². The molecule has 2 aromatic heterocycles. The van der Waals surface area contributed by atoms with Gasteiger partial charge in [0.05, 0.1) is 43.0 Å². The number of rotatable bonds is 10. The van der Waals surface area contributed by atoms with Crippen molar-refractivity contribution in [3.05, 3.63) is 81.4 Å². The van der Waals surface area contributed by atoms with Gasteiger partial charge in [-0.2, -0.15) is 4.98 Å². The number of carboxylic acids is 1. The van der Waals surface area contributed by atoms with Gasteiger partial charge >= 0.3 is 5.97 Å². The smallest absolute Gasteiger partial charge is 0.340 e. The quantitative estimate of drug-likeness (QED) is 0.171. The Morgan fingerprint density at radius 3 is 2.69 bits per heavy atom. The van der Waals surface area contributed by atoms with Crippen molar-refractivity contribution < 1.29 is 34.0 Å². The number of tetrazole rings is 1. The van der Waals surface area contributed by atoms with Gasteiger partial charge in [-0.3, -0.25) is 9.40 Å². The van der Waals surface area contributed by atoms with Crippen molar-refractivity contribution in [2.45, 2.75) is 38.0 Å². The lowest BCUT2D eigenvalue weighted by atomic mass is 9.91. The van der Waals surface area contributed by atoms with E-state index in [4.69, 9.17) is 24.0 Å². The first-order valence-corrected chi connectivity index (χ1v) is 14.3. The molecular formula is C30H27N7O8. The van der Waals surface area contributed by atoms with Crippen molar-refractivity contribution in [2.75, 3.05) is 19.8 Å². The van der Waals surface area contributed by atoms with Crippen molar-refractivity contribution in [3.63, 3.8) is 0 Å². The lowest BCUT2D eigenvalue weighted by Gasteiger charge is -2.19. The Bertz CT molecular complexity index is 1890. The number of H-pyrrole nitrogens is 1. The van der Waals surface area contributed by atoms with Crippen LogP contribution in [0.2, 0.25) is 0 Å². The van der Waals surface area contributed by atoms with Crippen LogP contribution in [0.15, 0.2) is 54.6 Å². The number of nitrogens with zero attached hydrogens (tertiary/aromatic N) is 6. The molecule has 2 N–H and O–H groups in total. The summed E-state index contributed by atoms with van der Waals surface area (Å²) in [5, 5.41) is 35.0. The van der Waals surface area contributed by atoms with Gasteiger partial charge in [-0.15, -0.1) is 15.2 Å². The minimum Gasteiger partial charge on any atom is -0.478 e. The van der Waals surface area contributed by atoms with Gasteiger partial charge in [0.15, 0.2) is 5.82 Å². The number of hydrogen-bond acceptors (Lipinski definition) is 11. The number of aromatic amines is 1. The lowest BCUT2D eigenvalue weighted by molar-refractivity contribution is -0.711. The Morgan fingerprint density at radius 2 is 1.98 bits per heavy atom. The summed E-state index contributed by atoms with van der Waals surface area (Å²) >= 11 is 0. The largest absolute Gasteiger partial charge is 0.478 e. The lowest BCUT2D eigenvalue weighted by Crippen LogP contribution is -2.22. The molecule has 7 rings (SSSR count). The highest BCUT2D eigenvalue weighted by Crippen LogP contribution is 2.44. The van der Waals surface area contributed by atoms with E-state index in [1.54, 1.807) is 11.5 Å². The molecule has 4 heterocycles. The van der Waals surface area contributed by atoms with Gasteiger partial charge in [0.2, 0.25) is 0 Å². The summed E-state index contributed by atoms with van der Waals surface area (Å²) in [4.78, 5) is 33.8. The first-order valence-electron chi connectivity index (χ1n) is 14.3.